The molecule has 0 aliphatic carbocycles. The lowest BCUT2D eigenvalue weighted by atomic mass is 10.0. The Hall–Kier alpha value is -2.82. The summed E-state index contributed by atoms with van der Waals surface area (Å²) < 4.78 is 4.10. The summed E-state index contributed by atoms with van der Waals surface area (Å²) in [5, 5.41) is 0. The molecule has 33 heavy (non-hydrogen) atoms. The van der Waals surface area contributed by atoms with E-state index in [0.29, 0.717) is 21.1 Å². The first-order valence-electron chi connectivity index (χ1n) is 9.68. The molecule has 2 N–H and O–H groups in total. The summed E-state index contributed by atoms with van der Waals surface area (Å²) in [7, 11) is 0. The van der Waals surface area contributed by atoms with Crippen LogP contribution in [0.15, 0.2) is 65.0 Å². The Balaban J connectivity index is 1.50. The Kier molecular flexibility index (Phi) is 6.13. The van der Waals surface area contributed by atoms with Crippen molar-refractivity contribution in [3.05, 3.63) is 70.4 Å². The van der Waals surface area contributed by atoms with Gasteiger partial charge in [-0.1, -0.05) is 12.1 Å². The lowest BCUT2D eigenvalue weighted by molar-refractivity contribution is 0.111. The van der Waals surface area contributed by atoms with Crippen molar-refractivity contribution in [1.29, 1.82) is 0 Å². The molecule has 0 fully saturated rings. The van der Waals surface area contributed by atoms with E-state index >= 15 is 0 Å². The fourth-order valence-electron chi connectivity index (χ4n) is 3.45. The minimum atomic E-state index is 0.546. The molecule has 0 amide bonds. The Morgan fingerprint density at radius 2 is 1.03 bits per heavy atom. The van der Waals surface area contributed by atoms with Gasteiger partial charge >= 0.3 is 0 Å². The number of nitrogen functional groups attached to an aromatic ring is 1. The maximum atomic E-state index is 11.0. The zero-order valence-corrected chi connectivity index (χ0v) is 20.9. The minimum Gasteiger partial charge on any atom is -0.396 e. The topological polar surface area (TPSA) is 72.5 Å². The molecule has 0 saturated heterocycles. The summed E-state index contributed by atoms with van der Waals surface area (Å²) in [6.07, 6.45) is 1.73. The number of anilines is 1. The van der Waals surface area contributed by atoms with Crippen LogP contribution in [-0.4, -0.2) is 12.6 Å². The molecule has 1 aromatic carbocycles. The molecular formula is C24H14N2O2S5. The zero-order chi connectivity index (χ0) is 22.9. The predicted octanol–water partition coefficient (Wildman–Crippen LogP) is 8.17. The van der Waals surface area contributed by atoms with E-state index in [-0.39, 0.29) is 0 Å². The number of thiophene rings is 4. The number of aldehydes is 2. The van der Waals surface area contributed by atoms with E-state index in [0.717, 1.165) is 53.0 Å². The van der Waals surface area contributed by atoms with Gasteiger partial charge < -0.3 is 5.73 Å². The van der Waals surface area contributed by atoms with Crippen LogP contribution in [0.1, 0.15) is 19.3 Å². The number of carbonyl (C=O) groups is 2. The lowest BCUT2D eigenvalue weighted by Crippen LogP contribution is -1.91. The third-order valence-corrected chi connectivity index (χ3v) is 9.86. The smallest absolute Gasteiger partial charge is 0.160 e. The van der Waals surface area contributed by atoms with Crippen LogP contribution in [0.25, 0.3) is 40.4 Å². The number of carbonyl (C=O) groups excluding carboxylic acids is 2. The van der Waals surface area contributed by atoms with E-state index in [1.54, 1.807) is 22.7 Å². The van der Waals surface area contributed by atoms with Gasteiger partial charge in [-0.3, -0.25) is 9.59 Å². The highest BCUT2D eigenvalue weighted by molar-refractivity contribution is 7.47. The van der Waals surface area contributed by atoms with Crippen molar-refractivity contribution < 1.29 is 9.59 Å². The van der Waals surface area contributed by atoms with Gasteiger partial charge in [0.25, 0.3) is 0 Å². The zero-order valence-electron chi connectivity index (χ0n) is 16.8. The molecule has 5 rings (SSSR count). The maximum absolute atomic E-state index is 11.0. The summed E-state index contributed by atoms with van der Waals surface area (Å²) in [4.78, 5) is 29.7. The summed E-state index contributed by atoms with van der Waals surface area (Å²) in [5.74, 6) is 0. The van der Waals surface area contributed by atoms with Gasteiger partial charge in [0.1, 0.15) is 5.69 Å². The first-order chi connectivity index (χ1) is 16.1. The Labute approximate surface area is 211 Å². The summed E-state index contributed by atoms with van der Waals surface area (Å²) >= 11 is 11.3. The first-order valence-corrected chi connectivity index (χ1v) is 13.3. The molecule has 5 aromatic rings. The fraction of sp³-hybridized carbons (Fsp3) is 0. The van der Waals surface area contributed by atoms with Gasteiger partial charge in [0, 0.05) is 52.8 Å². The summed E-state index contributed by atoms with van der Waals surface area (Å²) in [6, 6.07) is 19.7. The molecule has 0 aliphatic rings. The number of benzene rings is 1. The molecular weight excluding hydrogens is 509 g/mol. The van der Waals surface area contributed by atoms with Gasteiger partial charge in [-0.05, 0) is 48.5 Å². The molecule has 0 spiro atoms. The summed E-state index contributed by atoms with van der Waals surface area (Å²) in [6.45, 7) is 0. The van der Waals surface area contributed by atoms with E-state index in [1.165, 1.54) is 22.7 Å². The van der Waals surface area contributed by atoms with Crippen molar-refractivity contribution >= 4 is 81.7 Å². The first kappa shape index (κ1) is 22.0. The van der Waals surface area contributed by atoms with Crippen molar-refractivity contribution in [3.8, 4) is 40.4 Å². The number of nitrogens with zero attached hydrogens (tertiary/aromatic N) is 1. The SMILES string of the molecule is Nc1c(-c2ccc(-c3ccc(C=O)s3)s2)ccc(-c2ccc(-c3ccc(C=O)s3)s2)c1N=S. The molecule has 162 valence electrons. The van der Waals surface area contributed by atoms with Gasteiger partial charge in [0.15, 0.2) is 12.6 Å². The van der Waals surface area contributed by atoms with E-state index in [1.807, 2.05) is 60.7 Å². The quantitative estimate of drug-likeness (QED) is 0.173. The van der Waals surface area contributed by atoms with Crippen LogP contribution in [0.4, 0.5) is 11.4 Å². The molecule has 4 nitrogen and oxygen atoms in total. The largest absolute Gasteiger partial charge is 0.396 e. The lowest BCUT2D eigenvalue weighted by Gasteiger charge is -2.10. The van der Waals surface area contributed by atoms with Gasteiger partial charge in [-0.15, -0.1) is 45.3 Å². The average Bonchev–Trinajstić information content (AvgIpc) is 3.63. The molecule has 4 heterocycles. The van der Waals surface area contributed by atoms with E-state index < -0.39 is 0 Å². The van der Waals surface area contributed by atoms with Crippen LogP contribution in [0, 0.1) is 0 Å². The van der Waals surface area contributed by atoms with Crippen LogP contribution in [0.5, 0.6) is 0 Å². The standard InChI is InChI=1S/C24H14N2O2S5/c25-23-15(17-7-9-21(32-17)19-5-1-13(11-27)30-19)3-4-16(24(23)26-29)18-8-10-22(33-18)20-6-2-14(12-28)31-20/h1-12H,25H2. The Bertz CT molecular complexity index is 1500. The van der Waals surface area contributed by atoms with Crippen LogP contribution in [0.2, 0.25) is 0 Å². The molecule has 4 aromatic heterocycles. The normalized spacial score (nSPS) is 10.9. The van der Waals surface area contributed by atoms with Gasteiger partial charge in [-0.25, -0.2) is 0 Å². The van der Waals surface area contributed by atoms with Crippen LogP contribution >= 0.6 is 45.3 Å². The monoisotopic (exact) mass is 522 g/mol. The number of rotatable bonds is 7. The highest BCUT2D eigenvalue weighted by Gasteiger charge is 2.17. The Morgan fingerprint density at radius 3 is 1.52 bits per heavy atom. The molecule has 0 saturated carbocycles. The van der Waals surface area contributed by atoms with E-state index in [4.69, 9.17) is 18.2 Å². The molecule has 0 radical (unpaired) electrons. The van der Waals surface area contributed by atoms with E-state index in [9.17, 15) is 9.59 Å². The van der Waals surface area contributed by atoms with Gasteiger partial charge in [0.2, 0.25) is 0 Å². The third-order valence-electron chi connectivity index (χ3n) is 5.02. The van der Waals surface area contributed by atoms with Crippen molar-refractivity contribution in [2.75, 3.05) is 5.73 Å². The molecule has 0 aliphatic heterocycles. The van der Waals surface area contributed by atoms with Crippen molar-refractivity contribution in [1.82, 2.24) is 0 Å². The van der Waals surface area contributed by atoms with Crippen molar-refractivity contribution in [3.63, 3.8) is 0 Å². The highest BCUT2D eigenvalue weighted by atomic mass is 32.1. The second kappa shape index (κ2) is 9.20. The fourth-order valence-corrected chi connectivity index (χ4v) is 7.55. The van der Waals surface area contributed by atoms with E-state index in [2.05, 4.69) is 4.36 Å². The van der Waals surface area contributed by atoms with Gasteiger partial charge in [-0.2, -0.15) is 4.36 Å². The van der Waals surface area contributed by atoms with Crippen molar-refractivity contribution in [2.24, 2.45) is 4.36 Å². The molecule has 9 heteroatoms. The second-order valence-corrected chi connectivity index (χ2v) is 11.6. The third kappa shape index (κ3) is 4.14. The van der Waals surface area contributed by atoms with Crippen molar-refractivity contribution in [2.45, 2.75) is 0 Å². The number of hydrogen-bond donors (Lipinski definition) is 1. The van der Waals surface area contributed by atoms with Crippen LogP contribution < -0.4 is 5.73 Å². The molecule has 0 atom stereocenters. The molecule has 0 unspecified atom stereocenters. The minimum absolute atomic E-state index is 0.546. The number of hydrogen-bond acceptors (Lipinski definition) is 9. The van der Waals surface area contributed by atoms with Crippen LogP contribution in [-0.2, 0) is 12.4 Å². The summed E-state index contributed by atoms with van der Waals surface area (Å²) in [5.41, 5.74) is 9.46. The maximum Gasteiger partial charge on any atom is 0.160 e. The second-order valence-electron chi connectivity index (χ2n) is 6.98. The number of nitrogens with two attached hydrogens (primary N) is 1. The molecule has 0 bridgehead atoms. The average molecular weight is 523 g/mol. The predicted molar refractivity (Wildman–Crippen MR) is 144 cm³/mol. The van der Waals surface area contributed by atoms with Crippen LogP contribution in [0.3, 0.4) is 0 Å². The highest BCUT2D eigenvalue weighted by Crippen LogP contribution is 2.47. The Morgan fingerprint density at radius 1 is 0.606 bits per heavy atom. The van der Waals surface area contributed by atoms with Gasteiger partial charge in [0.05, 0.1) is 15.4 Å².